The van der Waals surface area contributed by atoms with Crippen molar-refractivity contribution in [2.45, 2.75) is 33.1 Å². The third-order valence-corrected chi connectivity index (χ3v) is 6.29. The summed E-state index contributed by atoms with van der Waals surface area (Å²) in [6.45, 7) is 6.22. The van der Waals surface area contributed by atoms with E-state index in [1.54, 1.807) is 0 Å². The predicted octanol–water partition coefficient (Wildman–Crippen LogP) is 3.72. The maximum atomic E-state index is 12.6. The van der Waals surface area contributed by atoms with Crippen LogP contribution in [0, 0.1) is 23.2 Å². The van der Waals surface area contributed by atoms with Gasteiger partial charge in [0, 0.05) is 5.92 Å². The van der Waals surface area contributed by atoms with Crippen molar-refractivity contribution in [1.29, 1.82) is 0 Å². The van der Waals surface area contributed by atoms with Gasteiger partial charge in [0.1, 0.15) is 0 Å². The molecule has 0 amide bonds. The number of esters is 2. The molecule has 4 atom stereocenters. The molecule has 0 aliphatic heterocycles. The van der Waals surface area contributed by atoms with Gasteiger partial charge >= 0.3 is 11.9 Å². The first kappa shape index (κ1) is 17.7. The van der Waals surface area contributed by atoms with Crippen LogP contribution >= 0.6 is 0 Å². The lowest BCUT2D eigenvalue weighted by molar-refractivity contribution is -0.172. The third kappa shape index (κ3) is 2.34. The van der Waals surface area contributed by atoms with Crippen LogP contribution in [0.1, 0.15) is 38.7 Å². The van der Waals surface area contributed by atoms with Crippen molar-refractivity contribution in [3.05, 3.63) is 47.0 Å². The smallest absolute Gasteiger partial charge is 0.323 e. The zero-order valence-electron chi connectivity index (χ0n) is 15.5. The molecule has 1 aromatic rings. The van der Waals surface area contributed by atoms with Crippen molar-refractivity contribution in [1.82, 2.24) is 0 Å². The highest BCUT2D eigenvalue weighted by atomic mass is 16.5. The van der Waals surface area contributed by atoms with Gasteiger partial charge in [-0.25, -0.2) is 0 Å². The van der Waals surface area contributed by atoms with Crippen molar-refractivity contribution in [2.24, 2.45) is 23.2 Å². The van der Waals surface area contributed by atoms with Gasteiger partial charge < -0.3 is 9.47 Å². The molecule has 0 unspecified atom stereocenters. The summed E-state index contributed by atoms with van der Waals surface area (Å²) >= 11 is 0. The Morgan fingerprint density at radius 1 is 1.04 bits per heavy atom. The predicted molar refractivity (Wildman–Crippen MR) is 94.8 cm³/mol. The van der Waals surface area contributed by atoms with Crippen molar-refractivity contribution >= 4 is 11.9 Å². The summed E-state index contributed by atoms with van der Waals surface area (Å²) in [6.07, 6.45) is 0.481. The van der Waals surface area contributed by atoms with Crippen LogP contribution in [0.3, 0.4) is 0 Å². The Bertz CT molecular complexity index is 699. The number of hydrogen-bond donors (Lipinski definition) is 0. The quantitative estimate of drug-likeness (QED) is 0.477. The van der Waals surface area contributed by atoms with E-state index >= 15 is 0 Å². The molecule has 2 aliphatic carbocycles. The van der Waals surface area contributed by atoms with Crippen LogP contribution in [0.4, 0.5) is 0 Å². The molecule has 0 bridgehead atoms. The Kier molecular flexibility index (Phi) is 4.48. The fraction of sp³-hybridized carbons (Fsp3) is 0.524. The lowest BCUT2D eigenvalue weighted by atomic mass is 9.57. The molecule has 0 radical (unpaired) electrons. The van der Waals surface area contributed by atoms with E-state index < -0.39 is 17.4 Å². The second-order valence-electron chi connectivity index (χ2n) is 7.48. The highest BCUT2D eigenvalue weighted by Gasteiger charge is 2.68. The number of carbonyl (C=O) groups excluding carboxylic acids is 2. The minimum atomic E-state index is -1.21. The van der Waals surface area contributed by atoms with E-state index in [2.05, 4.69) is 26.0 Å². The van der Waals surface area contributed by atoms with E-state index in [1.807, 2.05) is 25.1 Å². The van der Waals surface area contributed by atoms with E-state index in [4.69, 9.17) is 9.47 Å². The van der Waals surface area contributed by atoms with Crippen molar-refractivity contribution in [3.63, 3.8) is 0 Å². The maximum Gasteiger partial charge on any atom is 0.323 e. The molecule has 0 N–H and O–H groups in total. The maximum absolute atomic E-state index is 12.6. The summed E-state index contributed by atoms with van der Waals surface area (Å²) in [5.74, 6) is -0.353. The van der Waals surface area contributed by atoms with Gasteiger partial charge in [0.15, 0.2) is 5.41 Å². The van der Waals surface area contributed by atoms with Gasteiger partial charge in [-0.05, 0) is 43.6 Å². The minimum absolute atomic E-state index is 0.137. The van der Waals surface area contributed by atoms with Crippen LogP contribution in [0.5, 0.6) is 0 Å². The van der Waals surface area contributed by atoms with Gasteiger partial charge in [0.25, 0.3) is 0 Å². The third-order valence-electron chi connectivity index (χ3n) is 6.29. The molecule has 25 heavy (non-hydrogen) atoms. The standard InChI is InChI=1S/C21H26O4/c1-12(2)16-17-13(3)21(19(22)24-4,20(23)25-5)11-15(17)18(16)14-9-7-6-8-10-14/h6-10,13,15,17-18H,11H2,1-5H3/t13-,15+,17-,18-/m0/s1. The van der Waals surface area contributed by atoms with Crippen molar-refractivity contribution in [3.8, 4) is 0 Å². The zero-order valence-corrected chi connectivity index (χ0v) is 15.5. The number of ether oxygens (including phenoxy) is 2. The number of hydrogen-bond acceptors (Lipinski definition) is 4. The fourth-order valence-electron chi connectivity index (χ4n) is 5.22. The summed E-state index contributed by atoms with van der Waals surface area (Å²) in [4.78, 5) is 25.3. The van der Waals surface area contributed by atoms with Crippen molar-refractivity contribution < 1.29 is 19.1 Å². The number of methoxy groups -OCH3 is 2. The van der Waals surface area contributed by atoms with Gasteiger partial charge in [0.05, 0.1) is 14.2 Å². The van der Waals surface area contributed by atoms with Crippen LogP contribution in [0.15, 0.2) is 41.5 Å². The molecule has 1 aromatic carbocycles. The number of carbonyl (C=O) groups is 2. The molecule has 0 heterocycles. The SMILES string of the molecule is COC(=O)C1(C(=O)OC)C[C@@H]2[C@@H](C(=C(C)C)[C@H]2c2ccccc2)[C@@H]1C. The molecular formula is C21H26O4. The fourth-order valence-corrected chi connectivity index (χ4v) is 5.22. The van der Waals surface area contributed by atoms with Crippen LogP contribution in [-0.4, -0.2) is 26.2 Å². The minimum Gasteiger partial charge on any atom is -0.468 e. The molecule has 2 saturated carbocycles. The first-order chi connectivity index (χ1) is 11.9. The summed E-state index contributed by atoms with van der Waals surface area (Å²) in [5.41, 5.74) is 2.67. The molecule has 0 spiro atoms. The van der Waals surface area contributed by atoms with Crippen molar-refractivity contribution in [2.75, 3.05) is 14.2 Å². The molecule has 4 nitrogen and oxygen atoms in total. The number of benzene rings is 1. The van der Waals surface area contributed by atoms with Gasteiger partial charge in [0.2, 0.25) is 0 Å². The van der Waals surface area contributed by atoms with E-state index in [1.165, 1.54) is 30.9 Å². The van der Waals surface area contributed by atoms with Crippen LogP contribution in [0.2, 0.25) is 0 Å². The lowest BCUT2D eigenvalue weighted by Gasteiger charge is -2.47. The Balaban J connectivity index is 2.08. The summed E-state index contributed by atoms with van der Waals surface area (Å²) in [5, 5.41) is 0. The molecule has 134 valence electrons. The molecule has 2 aliphatic rings. The second kappa shape index (κ2) is 6.32. The molecular weight excluding hydrogens is 316 g/mol. The number of allylic oxidation sites excluding steroid dienone is 2. The molecule has 0 aromatic heterocycles. The Labute approximate surface area is 149 Å². The van der Waals surface area contributed by atoms with Crippen LogP contribution < -0.4 is 0 Å². The van der Waals surface area contributed by atoms with Gasteiger partial charge in [-0.2, -0.15) is 0 Å². The van der Waals surface area contributed by atoms with Gasteiger partial charge in [-0.1, -0.05) is 48.4 Å². The first-order valence-electron chi connectivity index (χ1n) is 8.79. The number of rotatable bonds is 3. The summed E-state index contributed by atoms with van der Waals surface area (Å²) in [7, 11) is 2.69. The first-order valence-corrected chi connectivity index (χ1v) is 8.79. The van der Waals surface area contributed by atoms with E-state index in [-0.39, 0.29) is 23.7 Å². The molecule has 0 saturated heterocycles. The number of fused-ring (bicyclic) bond motifs is 1. The topological polar surface area (TPSA) is 52.6 Å². The van der Waals surface area contributed by atoms with E-state index in [0.717, 1.165) is 0 Å². The molecule has 2 fully saturated rings. The average molecular weight is 342 g/mol. The van der Waals surface area contributed by atoms with E-state index in [0.29, 0.717) is 6.42 Å². The highest BCUT2D eigenvalue weighted by molar-refractivity contribution is 6.01. The lowest BCUT2D eigenvalue weighted by Crippen LogP contribution is -2.44. The molecule has 3 rings (SSSR count). The Morgan fingerprint density at radius 2 is 1.60 bits per heavy atom. The van der Waals surface area contributed by atoms with Crippen LogP contribution in [0.25, 0.3) is 0 Å². The van der Waals surface area contributed by atoms with Gasteiger partial charge in [-0.15, -0.1) is 0 Å². The highest BCUT2D eigenvalue weighted by Crippen LogP contribution is 2.68. The van der Waals surface area contributed by atoms with Crippen LogP contribution in [-0.2, 0) is 19.1 Å². The largest absolute Gasteiger partial charge is 0.468 e. The molecule has 4 heteroatoms. The normalized spacial score (nSPS) is 29.4. The van der Waals surface area contributed by atoms with Gasteiger partial charge in [-0.3, -0.25) is 9.59 Å². The zero-order chi connectivity index (χ0) is 18.4. The summed E-state index contributed by atoms with van der Waals surface area (Å²) < 4.78 is 10.1. The van der Waals surface area contributed by atoms with E-state index in [9.17, 15) is 9.59 Å². The monoisotopic (exact) mass is 342 g/mol. The average Bonchev–Trinajstić information content (AvgIpc) is 2.84. The second-order valence-corrected chi connectivity index (χ2v) is 7.48. The summed E-state index contributed by atoms with van der Waals surface area (Å²) in [6, 6.07) is 10.3. The Hall–Kier alpha value is -2.10. The Morgan fingerprint density at radius 3 is 2.08 bits per heavy atom.